The van der Waals surface area contributed by atoms with E-state index in [1.807, 2.05) is 39.3 Å². The zero-order chi connectivity index (χ0) is 21.4. The van der Waals surface area contributed by atoms with Crippen LogP contribution in [-0.4, -0.2) is 57.6 Å². The Balaban J connectivity index is 0.00000450. The SMILES string of the molecule is CCCC(CN=C(NCC)NC1CCc2nc(C)nn2C1)NC(=O)OC(C)(C)C.I. The fraction of sp³-hybridized carbons (Fsp3) is 0.800. The van der Waals surface area contributed by atoms with Gasteiger partial charge in [0.15, 0.2) is 5.96 Å². The van der Waals surface area contributed by atoms with Gasteiger partial charge in [0.25, 0.3) is 0 Å². The van der Waals surface area contributed by atoms with Crippen molar-refractivity contribution in [1.29, 1.82) is 0 Å². The van der Waals surface area contributed by atoms with Crippen LogP contribution in [0.3, 0.4) is 0 Å². The molecule has 1 amide bonds. The number of hydrogen-bond donors (Lipinski definition) is 3. The minimum Gasteiger partial charge on any atom is -0.444 e. The number of alkyl carbamates (subject to hydrolysis) is 1. The van der Waals surface area contributed by atoms with Crippen molar-refractivity contribution >= 4 is 36.0 Å². The summed E-state index contributed by atoms with van der Waals surface area (Å²) in [5.74, 6) is 2.62. The summed E-state index contributed by atoms with van der Waals surface area (Å²) in [5.41, 5.74) is -0.514. The first-order valence-corrected chi connectivity index (χ1v) is 10.6. The smallest absolute Gasteiger partial charge is 0.407 e. The largest absolute Gasteiger partial charge is 0.444 e. The zero-order valence-corrected chi connectivity index (χ0v) is 21.4. The van der Waals surface area contributed by atoms with Gasteiger partial charge >= 0.3 is 6.09 Å². The van der Waals surface area contributed by atoms with Crippen LogP contribution >= 0.6 is 24.0 Å². The van der Waals surface area contributed by atoms with Crippen molar-refractivity contribution in [3.8, 4) is 0 Å². The van der Waals surface area contributed by atoms with E-state index >= 15 is 0 Å². The van der Waals surface area contributed by atoms with Gasteiger partial charge in [-0.25, -0.2) is 14.5 Å². The van der Waals surface area contributed by atoms with E-state index in [0.717, 1.165) is 56.4 Å². The first-order chi connectivity index (χ1) is 13.7. The normalized spacial score (nSPS) is 17.4. The molecule has 10 heteroatoms. The minimum atomic E-state index is -0.514. The van der Waals surface area contributed by atoms with Crippen LogP contribution in [0.1, 0.15) is 65.5 Å². The van der Waals surface area contributed by atoms with Crippen LogP contribution in [0.5, 0.6) is 0 Å². The Hall–Kier alpha value is -1.59. The molecule has 0 fully saturated rings. The Morgan fingerprint density at radius 1 is 1.37 bits per heavy atom. The fourth-order valence-electron chi connectivity index (χ4n) is 3.30. The van der Waals surface area contributed by atoms with Gasteiger partial charge in [0.05, 0.1) is 19.1 Å². The van der Waals surface area contributed by atoms with Gasteiger partial charge in [0.1, 0.15) is 17.2 Å². The van der Waals surface area contributed by atoms with Gasteiger partial charge in [0.2, 0.25) is 0 Å². The van der Waals surface area contributed by atoms with Crippen LogP contribution < -0.4 is 16.0 Å². The molecule has 0 aliphatic carbocycles. The van der Waals surface area contributed by atoms with Crippen molar-refractivity contribution in [2.75, 3.05) is 13.1 Å². The Bertz CT molecular complexity index is 700. The molecular formula is C20H38IN7O2. The quantitative estimate of drug-likeness (QED) is 0.282. The zero-order valence-electron chi connectivity index (χ0n) is 19.1. The maximum atomic E-state index is 12.1. The maximum absolute atomic E-state index is 12.1. The fourth-order valence-corrected chi connectivity index (χ4v) is 3.30. The molecule has 172 valence electrons. The summed E-state index contributed by atoms with van der Waals surface area (Å²) in [5, 5.41) is 14.2. The summed E-state index contributed by atoms with van der Waals surface area (Å²) in [7, 11) is 0. The van der Waals surface area contributed by atoms with Crippen molar-refractivity contribution < 1.29 is 9.53 Å². The van der Waals surface area contributed by atoms with Gasteiger partial charge in [-0.15, -0.1) is 24.0 Å². The number of guanidine groups is 1. The second-order valence-corrected chi connectivity index (χ2v) is 8.49. The van der Waals surface area contributed by atoms with Crippen molar-refractivity contribution in [3.63, 3.8) is 0 Å². The number of nitrogens with zero attached hydrogens (tertiary/aromatic N) is 4. The minimum absolute atomic E-state index is 0. The summed E-state index contributed by atoms with van der Waals surface area (Å²) in [4.78, 5) is 21.3. The third-order valence-corrected chi connectivity index (χ3v) is 4.48. The van der Waals surface area contributed by atoms with Crippen LogP contribution in [0.2, 0.25) is 0 Å². The number of aryl methyl sites for hydroxylation is 2. The van der Waals surface area contributed by atoms with E-state index in [1.54, 1.807) is 0 Å². The van der Waals surface area contributed by atoms with E-state index in [2.05, 4.69) is 33.0 Å². The second kappa shape index (κ2) is 12.3. The first kappa shape index (κ1) is 26.4. The summed E-state index contributed by atoms with van der Waals surface area (Å²) >= 11 is 0. The van der Waals surface area contributed by atoms with Crippen LogP contribution in [-0.2, 0) is 17.7 Å². The van der Waals surface area contributed by atoms with Gasteiger partial charge in [0, 0.05) is 19.0 Å². The number of ether oxygens (including phenoxy) is 1. The van der Waals surface area contributed by atoms with Crippen molar-refractivity contribution in [1.82, 2.24) is 30.7 Å². The molecule has 0 spiro atoms. The molecule has 9 nitrogen and oxygen atoms in total. The molecular weight excluding hydrogens is 497 g/mol. The van der Waals surface area contributed by atoms with Gasteiger partial charge in [-0.1, -0.05) is 13.3 Å². The van der Waals surface area contributed by atoms with Crippen molar-refractivity contribution in [2.24, 2.45) is 4.99 Å². The van der Waals surface area contributed by atoms with E-state index in [-0.39, 0.29) is 36.1 Å². The van der Waals surface area contributed by atoms with E-state index < -0.39 is 11.7 Å². The standard InChI is InChI=1S/C20H37N7O2.HI/c1-7-9-15(25-19(28)29-20(4,5)6)12-22-18(21-8-2)24-16-10-11-17-23-14(3)26-27(17)13-16;/h15-16H,7-13H2,1-6H3,(H,25,28)(H2,21,22,24);1H. The molecule has 2 heterocycles. The maximum Gasteiger partial charge on any atom is 0.407 e. The topological polar surface area (TPSA) is 105 Å². The van der Waals surface area contributed by atoms with Crippen molar-refractivity contribution in [2.45, 2.75) is 91.5 Å². The molecule has 0 radical (unpaired) electrons. The Morgan fingerprint density at radius 3 is 2.73 bits per heavy atom. The molecule has 1 aromatic heterocycles. The highest BCUT2D eigenvalue weighted by Gasteiger charge is 2.22. The third-order valence-electron chi connectivity index (χ3n) is 4.48. The van der Waals surface area contributed by atoms with E-state index in [0.29, 0.717) is 6.54 Å². The van der Waals surface area contributed by atoms with Gasteiger partial charge < -0.3 is 20.7 Å². The number of carbonyl (C=O) groups excluding carboxylic acids is 1. The van der Waals surface area contributed by atoms with Gasteiger partial charge in [-0.3, -0.25) is 4.99 Å². The average Bonchev–Trinajstić information content (AvgIpc) is 2.97. The summed E-state index contributed by atoms with van der Waals surface area (Å²) in [6.45, 7) is 13.7. The van der Waals surface area contributed by atoms with E-state index in [4.69, 9.17) is 9.73 Å². The molecule has 1 aromatic rings. The number of amides is 1. The number of nitrogens with one attached hydrogen (secondary N) is 3. The molecule has 0 aromatic carbocycles. The molecule has 0 bridgehead atoms. The van der Waals surface area contributed by atoms with Crippen LogP contribution in [0, 0.1) is 6.92 Å². The molecule has 1 aliphatic rings. The lowest BCUT2D eigenvalue weighted by molar-refractivity contribution is 0.0503. The number of aliphatic imine (C=N–C) groups is 1. The average molecular weight is 535 g/mol. The van der Waals surface area contributed by atoms with Crippen LogP contribution in [0.15, 0.2) is 4.99 Å². The van der Waals surface area contributed by atoms with Crippen LogP contribution in [0.25, 0.3) is 0 Å². The monoisotopic (exact) mass is 535 g/mol. The first-order valence-electron chi connectivity index (χ1n) is 10.6. The molecule has 1 aliphatic heterocycles. The third kappa shape index (κ3) is 9.05. The second-order valence-electron chi connectivity index (χ2n) is 8.49. The Kier molecular flexibility index (Phi) is 10.9. The lowest BCUT2D eigenvalue weighted by Gasteiger charge is -2.26. The number of fused-ring (bicyclic) bond motifs is 1. The number of hydrogen-bond acceptors (Lipinski definition) is 5. The highest BCUT2D eigenvalue weighted by molar-refractivity contribution is 14.0. The molecule has 0 saturated heterocycles. The lowest BCUT2D eigenvalue weighted by atomic mass is 10.1. The summed E-state index contributed by atoms with van der Waals surface area (Å²) in [6.07, 6.45) is 3.28. The van der Waals surface area contributed by atoms with Gasteiger partial charge in [-0.2, -0.15) is 5.10 Å². The Morgan fingerprint density at radius 2 is 2.10 bits per heavy atom. The van der Waals surface area contributed by atoms with Gasteiger partial charge in [-0.05, 0) is 47.5 Å². The van der Waals surface area contributed by atoms with E-state index in [9.17, 15) is 4.79 Å². The Labute approximate surface area is 197 Å². The number of halogens is 1. The predicted molar refractivity (Wildman–Crippen MR) is 129 cm³/mol. The highest BCUT2D eigenvalue weighted by atomic mass is 127. The summed E-state index contributed by atoms with van der Waals surface area (Å²) in [6, 6.07) is 0.172. The number of aromatic nitrogens is 3. The predicted octanol–water partition coefficient (Wildman–Crippen LogP) is 2.77. The molecule has 0 saturated carbocycles. The summed E-state index contributed by atoms with van der Waals surface area (Å²) < 4.78 is 7.36. The van der Waals surface area contributed by atoms with Crippen molar-refractivity contribution in [3.05, 3.63) is 11.6 Å². The number of carbonyl (C=O) groups is 1. The molecule has 30 heavy (non-hydrogen) atoms. The molecule has 2 atom stereocenters. The molecule has 2 rings (SSSR count). The highest BCUT2D eigenvalue weighted by Crippen LogP contribution is 2.13. The molecule has 2 unspecified atom stereocenters. The molecule has 3 N–H and O–H groups in total. The van der Waals surface area contributed by atoms with Crippen LogP contribution in [0.4, 0.5) is 4.79 Å². The van der Waals surface area contributed by atoms with E-state index in [1.165, 1.54) is 0 Å². The lowest BCUT2D eigenvalue weighted by Crippen LogP contribution is -2.48. The number of rotatable bonds is 7.